The molecule has 11 rings (SSSR count). The molecule has 0 saturated heterocycles. The third-order valence-corrected chi connectivity index (χ3v) is 11.6. The third kappa shape index (κ3) is 4.22. The largest absolute Gasteiger partial charge is 0.309 e. The summed E-state index contributed by atoms with van der Waals surface area (Å²) in [5.41, 5.74) is 12.2. The van der Waals surface area contributed by atoms with Crippen molar-refractivity contribution in [3.05, 3.63) is 182 Å². The van der Waals surface area contributed by atoms with E-state index in [4.69, 9.17) is 0 Å². The second kappa shape index (κ2) is 11.0. The van der Waals surface area contributed by atoms with Gasteiger partial charge in [0.25, 0.3) is 0 Å². The first-order valence-electron chi connectivity index (χ1n) is 17.4. The summed E-state index contributed by atoms with van der Waals surface area (Å²) in [6.07, 6.45) is 0. The molecular formula is C48H30N2S. The van der Waals surface area contributed by atoms with E-state index in [2.05, 4.69) is 191 Å². The van der Waals surface area contributed by atoms with Crippen molar-refractivity contribution < 1.29 is 0 Å². The highest BCUT2D eigenvalue weighted by atomic mass is 32.1. The first-order chi connectivity index (χ1) is 25.3. The first-order valence-corrected chi connectivity index (χ1v) is 18.3. The number of para-hydroxylation sites is 5. The van der Waals surface area contributed by atoms with Crippen molar-refractivity contribution in [1.82, 2.24) is 9.13 Å². The van der Waals surface area contributed by atoms with E-state index in [1.54, 1.807) is 0 Å². The summed E-state index contributed by atoms with van der Waals surface area (Å²) in [5.74, 6) is 0. The predicted octanol–water partition coefficient (Wildman–Crippen LogP) is 13.6. The van der Waals surface area contributed by atoms with Crippen LogP contribution in [0.15, 0.2) is 182 Å². The van der Waals surface area contributed by atoms with E-state index in [-0.39, 0.29) is 0 Å². The number of nitrogens with zero attached hydrogens (tertiary/aromatic N) is 2. The zero-order chi connectivity index (χ0) is 33.5. The summed E-state index contributed by atoms with van der Waals surface area (Å²) in [5, 5.41) is 7.68. The van der Waals surface area contributed by atoms with Gasteiger partial charge in [0.1, 0.15) is 0 Å². The fourth-order valence-electron chi connectivity index (χ4n) is 8.32. The number of hydrogen-bond acceptors (Lipinski definition) is 1. The molecule has 0 saturated carbocycles. The Balaban J connectivity index is 1.23. The zero-order valence-electron chi connectivity index (χ0n) is 27.6. The number of hydrogen-bond donors (Lipinski definition) is 0. The molecule has 0 bridgehead atoms. The summed E-state index contributed by atoms with van der Waals surface area (Å²) in [4.78, 5) is 0. The van der Waals surface area contributed by atoms with Gasteiger partial charge in [-0.1, -0.05) is 115 Å². The van der Waals surface area contributed by atoms with Crippen LogP contribution in [0.25, 0.3) is 97.4 Å². The molecule has 0 aliphatic heterocycles. The Morgan fingerprint density at radius 2 is 0.922 bits per heavy atom. The fourth-order valence-corrected chi connectivity index (χ4v) is 9.49. The van der Waals surface area contributed by atoms with Gasteiger partial charge in [-0.15, -0.1) is 11.3 Å². The van der Waals surface area contributed by atoms with Gasteiger partial charge >= 0.3 is 0 Å². The van der Waals surface area contributed by atoms with Crippen molar-refractivity contribution in [2.24, 2.45) is 0 Å². The highest BCUT2D eigenvalue weighted by Gasteiger charge is 2.21. The van der Waals surface area contributed by atoms with Crippen molar-refractivity contribution in [2.75, 3.05) is 0 Å². The van der Waals surface area contributed by atoms with Gasteiger partial charge in [0.2, 0.25) is 0 Å². The molecule has 0 atom stereocenters. The van der Waals surface area contributed by atoms with E-state index in [0.29, 0.717) is 0 Å². The number of aromatic nitrogens is 2. The molecule has 0 aliphatic carbocycles. The van der Waals surface area contributed by atoms with E-state index in [9.17, 15) is 0 Å². The van der Waals surface area contributed by atoms with E-state index >= 15 is 0 Å². The van der Waals surface area contributed by atoms with Crippen LogP contribution >= 0.6 is 11.3 Å². The SMILES string of the molecule is c1ccc(-n2c3ccccc3c3cc(-c4cc(-c5cccc6c7ccccc7n(-c7ccccc7)c56)c5c(c4)sc4ccccc45)ccc32)cc1. The first kappa shape index (κ1) is 28.4. The van der Waals surface area contributed by atoms with E-state index in [0.717, 1.165) is 0 Å². The molecule has 0 N–H and O–H groups in total. The lowest BCUT2D eigenvalue weighted by Gasteiger charge is -2.14. The highest BCUT2D eigenvalue weighted by molar-refractivity contribution is 7.26. The maximum Gasteiger partial charge on any atom is 0.0619 e. The molecule has 0 radical (unpaired) electrons. The molecule has 3 heteroatoms. The van der Waals surface area contributed by atoms with Gasteiger partial charge in [0, 0.05) is 58.7 Å². The number of fused-ring (bicyclic) bond motifs is 9. The van der Waals surface area contributed by atoms with Crippen LogP contribution in [0, 0.1) is 0 Å². The van der Waals surface area contributed by atoms with E-state index in [1.165, 1.54) is 97.4 Å². The lowest BCUT2D eigenvalue weighted by molar-refractivity contribution is 1.18. The molecule has 0 spiro atoms. The fraction of sp³-hybridized carbons (Fsp3) is 0. The zero-order valence-corrected chi connectivity index (χ0v) is 28.4. The smallest absolute Gasteiger partial charge is 0.0619 e. The van der Waals surface area contributed by atoms with Crippen LogP contribution in [0.1, 0.15) is 0 Å². The van der Waals surface area contributed by atoms with Gasteiger partial charge < -0.3 is 9.13 Å². The molecule has 2 nitrogen and oxygen atoms in total. The molecule has 11 aromatic rings. The highest BCUT2D eigenvalue weighted by Crippen LogP contribution is 2.46. The topological polar surface area (TPSA) is 9.86 Å². The Morgan fingerprint density at radius 3 is 1.69 bits per heavy atom. The van der Waals surface area contributed by atoms with Crippen molar-refractivity contribution in [1.29, 1.82) is 0 Å². The van der Waals surface area contributed by atoms with Crippen LogP contribution in [-0.2, 0) is 0 Å². The van der Waals surface area contributed by atoms with E-state index < -0.39 is 0 Å². The standard InChI is InChI=1S/C48H30N2S/c1-3-14-33(15-4-1)49-42-23-10-8-19-36(42)40-28-31(26-27-44(40)49)32-29-41(47-39-20-9-12-25-45(39)51-46(47)30-32)38-22-13-21-37-35-18-7-11-24-43(35)50(48(37)38)34-16-5-2-6-17-34/h1-30H. The molecule has 8 aromatic carbocycles. The quantitative estimate of drug-likeness (QED) is 0.177. The van der Waals surface area contributed by atoms with Gasteiger partial charge in [-0.05, 0) is 83.4 Å². The van der Waals surface area contributed by atoms with Crippen LogP contribution in [0.5, 0.6) is 0 Å². The summed E-state index contributed by atoms with van der Waals surface area (Å²) in [6.45, 7) is 0. The van der Waals surface area contributed by atoms with Gasteiger partial charge in [0.15, 0.2) is 0 Å². The number of benzene rings is 8. The summed E-state index contributed by atoms with van der Waals surface area (Å²) < 4.78 is 7.45. The normalized spacial score (nSPS) is 11.9. The minimum atomic E-state index is 1.17. The number of thiophene rings is 1. The lowest BCUT2D eigenvalue weighted by Crippen LogP contribution is -1.95. The Kier molecular flexibility index (Phi) is 6.16. The van der Waals surface area contributed by atoms with Crippen molar-refractivity contribution >= 4 is 75.1 Å². The Bertz CT molecular complexity index is 3130. The van der Waals surface area contributed by atoms with Gasteiger partial charge in [0.05, 0.1) is 22.1 Å². The number of rotatable bonds is 4. The third-order valence-electron chi connectivity index (χ3n) is 10.5. The summed E-state index contributed by atoms with van der Waals surface area (Å²) in [6, 6.07) is 66.6. The Morgan fingerprint density at radius 1 is 0.333 bits per heavy atom. The molecule has 238 valence electrons. The predicted molar refractivity (Wildman–Crippen MR) is 219 cm³/mol. The van der Waals surface area contributed by atoms with Gasteiger partial charge in [-0.25, -0.2) is 0 Å². The molecule has 3 aromatic heterocycles. The van der Waals surface area contributed by atoms with Crippen LogP contribution in [-0.4, -0.2) is 9.13 Å². The lowest BCUT2D eigenvalue weighted by atomic mass is 9.93. The maximum atomic E-state index is 2.46. The maximum absolute atomic E-state index is 2.46. The van der Waals surface area contributed by atoms with Crippen molar-refractivity contribution in [2.45, 2.75) is 0 Å². The molecule has 51 heavy (non-hydrogen) atoms. The van der Waals surface area contributed by atoms with E-state index in [1.807, 2.05) is 11.3 Å². The van der Waals surface area contributed by atoms with Crippen LogP contribution in [0.4, 0.5) is 0 Å². The molecule has 0 amide bonds. The average Bonchev–Trinajstić information content (AvgIpc) is 3.86. The average molecular weight is 667 g/mol. The molecule has 0 fully saturated rings. The molecule has 0 unspecified atom stereocenters. The second-order valence-electron chi connectivity index (χ2n) is 13.3. The van der Waals surface area contributed by atoms with Crippen LogP contribution in [0.2, 0.25) is 0 Å². The second-order valence-corrected chi connectivity index (χ2v) is 14.4. The van der Waals surface area contributed by atoms with Crippen LogP contribution in [0.3, 0.4) is 0 Å². The van der Waals surface area contributed by atoms with Crippen LogP contribution < -0.4 is 0 Å². The minimum Gasteiger partial charge on any atom is -0.309 e. The molecular weight excluding hydrogens is 637 g/mol. The van der Waals surface area contributed by atoms with Gasteiger partial charge in [-0.3, -0.25) is 0 Å². The van der Waals surface area contributed by atoms with Gasteiger partial charge in [-0.2, -0.15) is 0 Å². The Hall–Kier alpha value is -6.42. The monoisotopic (exact) mass is 666 g/mol. The minimum absolute atomic E-state index is 1.17. The molecule has 3 heterocycles. The summed E-state index contributed by atoms with van der Waals surface area (Å²) in [7, 11) is 0. The van der Waals surface area contributed by atoms with Crippen molar-refractivity contribution in [3.8, 4) is 33.6 Å². The van der Waals surface area contributed by atoms with Crippen molar-refractivity contribution in [3.63, 3.8) is 0 Å². The summed E-state index contributed by atoms with van der Waals surface area (Å²) >= 11 is 1.89. The molecule has 0 aliphatic rings. The Labute approximate surface area is 298 Å².